The molecule has 30 heavy (non-hydrogen) atoms. The molecule has 1 aliphatic rings. The molecule has 0 fully saturated rings. The van der Waals surface area contributed by atoms with Gasteiger partial charge in [0.15, 0.2) is 5.43 Å². The van der Waals surface area contributed by atoms with E-state index in [1.807, 2.05) is 30.3 Å². The summed E-state index contributed by atoms with van der Waals surface area (Å²) in [6.45, 7) is -0.253. The molecule has 1 aliphatic carbocycles. The Morgan fingerprint density at radius 2 is 1.83 bits per heavy atom. The van der Waals surface area contributed by atoms with Crippen LogP contribution in [0.4, 0.5) is 4.79 Å². The Bertz CT molecular complexity index is 1140. The van der Waals surface area contributed by atoms with Gasteiger partial charge in [-0.25, -0.2) is 9.59 Å². The van der Waals surface area contributed by atoms with Gasteiger partial charge in [0.1, 0.15) is 30.2 Å². The van der Waals surface area contributed by atoms with Crippen molar-refractivity contribution in [1.82, 2.24) is 5.32 Å². The van der Waals surface area contributed by atoms with Crippen LogP contribution in [-0.4, -0.2) is 18.6 Å². The molecular weight excluding hydrogens is 386 g/mol. The topological polar surface area (TPSA) is 94.8 Å². The Kier molecular flexibility index (Phi) is 5.79. The standard InChI is InChI=1S/C23H21NO6/c25-21(13-24-23(27)28-14-15-6-2-1-3-7-15)29-16-10-11-20-18(12-16)22(26)17-8-4-5-9-19(17)30-20/h1-3,6-7,10-12H,4-5,8-9,13-14H2,(H,24,27). The highest BCUT2D eigenvalue weighted by atomic mass is 16.6. The molecule has 154 valence electrons. The lowest BCUT2D eigenvalue weighted by atomic mass is 9.96. The number of fused-ring (bicyclic) bond motifs is 2. The van der Waals surface area contributed by atoms with Gasteiger partial charge in [-0.2, -0.15) is 0 Å². The summed E-state index contributed by atoms with van der Waals surface area (Å²) < 4.78 is 16.1. The van der Waals surface area contributed by atoms with Crippen molar-refractivity contribution >= 4 is 23.0 Å². The minimum atomic E-state index is -0.721. The van der Waals surface area contributed by atoms with Crippen molar-refractivity contribution < 1.29 is 23.5 Å². The first-order valence-corrected chi connectivity index (χ1v) is 9.84. The van der Waals surface area contributed by atoms with E-state index in [-0.39, 0.29) is 24.3 Å². The minimum absolute atomic E-state index is 0.0773. The van der Waals surface area contributed by atoms with Gasteiger partial charge in [-0.05, 0) is 43.0 Å². The summed E-state index contributed by atoms with van der Waals surface area (Å²) in [5.74, 6) is 0.296. The van der Waals surface area contributed by atoms with Crippen LogP contribution >= 0.6 is 0 Å². The third-order valence-corrected chi connectivity index (χ3v) is 4.94. The fourth-order valence-electron chi connectivity index (χ4n) is 3.45. The van der Waals surface area contributed by atoms with E-state index >= 15 is 0 Å². The van der Waals surface area contributed by atoms with Gasteiger partial charge in [-0.1, -0.05) is 30.3 Å². The molecular formula is C23H21NO6. The molecule has 2 aromatic carbocycles. The lowest BCUT2D eigenvalue weighted by Crippen LogP contribution is -2.32. The summed E-state index contributed by atoms with van der Waals surface area (Å²) in [7, 11) is 0. The third-order valence-electron chi connectivity index (χ3n) is 4.94. The first kappa shape index (κ1) is 19.7. The van der Waals surface area contributed by atoms with Crippen LogP contribution in [0.15, 0.2) is 57.7 Å². The number of ether oxygens (including phenoxy) is 2. The molecule has 0 atom stereocenters. The van der Waals surface area contributed by atoms with Gasteiger partial charge in [0.25, 0.3) is 0 Å². The summed E-state index contributed by atoms with van der Waals surface area (Å²) in [4.78, 5) is 36.5. The summed E-state index contributed by atoms with van der Waals surface area (Å²) in [6.07, 6.45) is 2.72. The predicted molar refractivity (Wildman–Crippen MR) is 109 cm³/mol. The highest BCUT2D eigenvalue weighted by molar-refractivity contribution is 5.82. The van der Waals surface area contributed by atoms with E-state index < -0.39 is 12.1 Å². The van der Waals surface area contributed by atoms with Crippen molar-refractivity contribution in [2.75, 3.05) is 6.54 Å². The highest BCUT2D eigenvalue weighted by Gasteiger charge is 2.18. The van der Waals surface area contributed by atoms with Gasteiger partial charge in [0, 0.05) is 12.0 Å². The second-order valence-electron chi connectivity index (χ2n) is 7.09. The zero-order chi connectivity index (χ0) is 20.9. The van der Waals surface area contributed by atoms with Gasteiger partial charge >= 0.3 is 12.1 Å². The molecule has 0 saturated carbocycles. The molecule has 1 heterocycles. The quantitative estimate of drug-likeness (QED) is 0.514. The zero-order valence-electron chi connectivity index (χ0n) is 16.3. The van der Waals surface area contributed by atoms with Crippen LogP contribution in [0.5, 0.6) is 5.75 Å². The van der Waals surface area contributed by atoms with Crippen LogP contribution in [0.3, 0.4) is 0 Å². The number of amides is 1. The molecule has 0 saturated heterocycles. The van der Waals surface area contributed by atoms with Gasteiger partial charge in [-0.3, -0.25) is 4.79 Å². The molecule has 1 amide bonds. The van der Waals surface area contributed by atoms with Crippen LogP contribution < -0.4 is 15.5 Å². The van der Waals surface area contributed by atoms with E-state index in [1.165, 1.54) is 6.07 Å². The highest BCUT2D eigenvalue weighted by Crippen LogP contribution is 2.25. The maximum atomic E-state index is 12.7. The summed E-state index contributed by atoms with van der Waals surface area (Å²) in [5, 5.41) is 2.73. The molecule has 4 rings (SSSR count). The Morgan fingerprint density at radius 1 is 1.03 bits per heavy atom. The molecule has 0 spiro atoms. The predicted octanol–water partition coefficient (Wildman–Crippen LogP) is 3.50. The van der Waals surface area contributed by atoms with Gasteiger partial charge < -0.3 is 19.2 Å². The van der Waals surface area contributed by atoms with Crippen molar-refractivity contribution in [2.24, 2.45) is 0 Å². The van der Waals surface area contributed by atoms with Crippen molar-refractivity contribution in [3.63, 3.8) is 0 Å². The maximum absolute atomic E-state index is 12.7. The number of carbonyl (C=O) groups excluding carboxylic acids is 2. The van der Waals surface area contributed by atoms with Crippen molar-refractivity contribution in [2.45, 2.75) is 32.3 Å². The van der Waals surface area contributed by atoms with Crippen molar-refractivity contribution in [3.8, 4) is 5.75 Å². The second-order valence-corrected chi connectivity index (χ2v) is 7.09. The van der Waals surface area contributed by atoms with E-state index in [4.69, 9.17) is 13.9 Å². The maximum Gasteiger partial charge on any atom is 0.407 e. The number of hydrogen-bond acceptors (Lipinski definition) is 6. The van der Waals surface area contributed by atoms with Gasteiger partial charge in [-0.15, -0.1) is 0 Å². The van der Waals surface area contributed by atoms with Crippen molar-refractivity contribution in [3.05, 3.63) is 75.6 Å². The summed E-state index contributed by atoms with van der Waals surface area (Å²) in [5.41, 5.74) is 1.95. The number of esters is 1. The Balaban J connectivity index is 1.35. The number of nitrogens with one attached hydrogen (secondary N) is 1. The molecule has 0 aliphatic heterocycles. The van der Waals surface area contributed by atoms with Crippen LogP contribution in [0.2, 0.25) is 0 Å². The fourth-order valence-corrected chi connectivity index (χ4v) is 3.45. The second kappa shape index (κ2) is 8.82. The lowest BCUT2D eigenvalue weighted by molar-refractivity contribution is -0.133. The summed E-state index contributed by atoms with van der Waals surface area (Å²) >= 11 is 0. The number of hydrogen-bond donors (Lipinski definition) is 1. The van der Waals surface area contributed by atoms with Crippen LogP contribution in [0.25, 0.3) is 11.0 Å². The minimum Gasteiger partial charge on any atom is -0.461 e. The molecule has 1 aromatic heterocycles. The van der Waals surface area contributed by atoms with E-state index in [9.17, 15) is 14.4 Å². The Morgan fingerprint density at radius 3 is 2.67 bits per heavy atom. The zero-order valence-corrected chi connectivity index (χ0v) is 16.3. The fraction of sp³-hybridized carbons (Fsp3) is 0.261. The average molecular weight is 407 g/mol. The summed E-state index contributed by atoms with van der Waals surface area (Å²) in [6, 6.07) is 13.9. The molecule has 3 aromatic rings. The first-order chi connectivity index (χ1) is 14.6. The van der Waals surface area contributed by atoms with E-state index in [2.05, 4.69) is 5.32 Å². The molecule has 7 nitrogen and oxygen atoms in total. The monoisotopic (exact) mass is 407 g/mol. The van der Waals surface area contributed by atoms with Gasteiger partial charge in [0.05, 0.1) is 5.39 Å². The molecule has 0 radical (unpaired) electrons. The van der Waals surface area contributed by atoms with Crippen LogP contribution in [0, 0.1) is 0 Å². The smallest absolute Gasteiger partial charge is 0.407 e. The Hall–Kier alpha value is -3.61. The number of rotatable bonds is 5. The SMILES string of the molecule is O=C(CNC(=O)OCc1ccccc1)Oc1ccc2oc3c(c(=O)c2c1)CCCC3. The molecule has 0 bridgehead atoms. The van der Waals surface area contributed by atoms with Crippen LogP contribution in [-0.2, 0) is 29.0 Å². The van der Waals surface area contributed by atoms with Crippen molar-refractivity contribution in [1.29, 1.82) is 0 Å². The third kappa shape index (κ3) is 4.51. The average Bonchev–Trinajstić information content (AvgIpc) is 2.77. The van der Waals surface area contributed by atoms with Gasteiger partial charge in [0.2, 0.25) is 0 Å². The number of alkyl carbamates (subject to hydrolysis) is 1. The van der Waals surface area contributed by atoms with E-state index in [1.54, 1.807) is 12.1 Å². The largest absolute Gasteiger partial charge is 0.461 e. The molecule has 0 unspecified atom stereocenters. The molecule has 7 heteroatoms. The van der Waals surface area contributed by atoms with Crippen LogP contribution in [0.1, 0.15) is 29.7 Å². The molecule has 1 N–H and O–H groups in total. The first-order valence-electron chi connectivity index (χ1n) is 9.84. The number of benzene rings is 2. The lowest BCUT2D eigenvalue weighted by Gasteiger charge is -2.14. The number of aryl methyl sites for hydroxylation is 1. The van der Waals surface area contributed by atoms with E-state index in [0.29, 0.717) is 23.0 Å². The van der Waals surface area contributed by atoms with E-state index in [0.717, 1.165) is 30.6 Å². The Labute approximate surface area is 172 Å². The number of carbonyl (C=O) groups is 2. The normalized spacial score (nSPS) is 12.8.